The molecule has 4 atom stereocenters. The number of aliphatic hydroxyl groups excluding tert-OH is 2. The average Bonchev–Trinajstić information content (AvgIpc) is 2.23. The molecule has 0 amide bonds. The third-order valence-electron chi connectivity index (χ3n) is 2.78. The molecular formula is C12H16O4. The van der Waals surface area contributed by atoms with E-state index >= 15 is 0 Å². The Labute approximate surface area is 94.3 Å². The molecule has 1 aliphatic rings. The van der Waals surface area contributed by atoms with Gasteiger partial charge in [0.2, 0.25) is 0 Å². The summed E-state index contributed by atoms with van der Waals surface area (Å²) in [5, 5.41) is 19.4. The van der Waals surface area contributed by atoms with Crippen LogP contribution in [0.15, 0.2) is 24.3 Å². The summed E-state index contributed by atoms with van der Waals surface area (Å²) in [5.41, 5.74) is 0. The lowest BCUT2D eigenvalue weighted by molar-refractivity contribution is -0.137. The average molecular weight is 224 g/mol. The Morgan fingerprint density at radius 1 is 1.56 bits per heavy atom. The van der Waals surface area contributed by atoms with Gasteiger partial charge in [0.1, 0.15) is 12.2 Å². The minimum absolute atomic E-state index is 0.295. The van der Waals surface area contributed by atoms with Gasteiger partial charge in [-0.15, -0.1) is 0 Å². The molecule has 0 saturated carbocycles. The van der Waals surface area contributed by atoms with Gasteiger partial charge in [-0.05, 0) is 19.9 Å². The van der Waals surface area contributed by atoms with E-state index in [1.54, 1.807) is 25.2 Å². The summed E-state index contributed by atoms with van der Waals surface area (Å²) in [4.78, 5) is 22.4. The molecule has 0 saturated heterocycles. The molecule has 16 heavy (non-hydrogen) atoms. The van der Waals surface area contributed by atoms with Crippen LogP contribution in [0, 0.1) is 11.8 Å². The Morgan fingerprint density at radius 3 is 2.69 bits per heavy atom. The molecular weight excluding hydrogens is 208 g/mol. The van der Waals surface area contributed by atoms with Crippen LogP contribution in [0.1, 0.15) is 13.8 Å². The lowest BCUT2D eigenvalue weighted by Crippen LogP contribution is -2.45. The summed E-state index contributed by atoms with van der Waals surface area (Å²) < 4.78 is 0. The molecule has 4 heteroatoms. The first-order chi connectivity index (χ1) is 7.49. The van der Waals surface area contributed by atoms with E-state index < -0.39 is 29.7 Å². The normalized spacial score (nSPS) is 32.0. The number of hydrogen-bond donors (Lipinski definition) is 2. The van der Waals surface area contributed by atoms with Crippen LogP contribution in [-0.2, 0) is 9.59 Å². The Morgan fingerprint density at radius 2 is 2.19 bits per heavy atom. The molecule has 0 aromatic heterocycles. The minimum atomic E-state index is -1.31. The number of carbonyl (C=O) groups excluding carboxylic acids is 2. The summed E-state index contributed by atoms with van der Waals surface area (Å²) >= 11 is 0. The third-order valence-corrected chi connectivity index (χ3v) is 2.78. The zero-order valence-electron chi connectivity index (χ0n) is 9.33. The fourth-order valence-corrected chi connectivity index (χ4v) is 1.90. The van der Waals surface area contributed by atoms with Crippen LogP contribution in [0.25, 0.3) is 0 Å². The van der Waals surface area contributed by atoms with Crippen molar-refractivity contribution < 1.29 is 19.8 Å². The zero-order chi connectivity index (χ0) is 12.3. The van der Waals surface area contributed by atoms with Gasteiger partial charge in [-0.2, -0.15) is 0 Å². The van der Waals surface area contributed by atoms with E-state index in [0.717, 1.165) is 0 Å². The number of allylic oxidation sites excluding steroid dienone is 3. The molecule has 0 aromatic rings. The molecule has 4 nitrogen and oxygen atoms in total. The van der Waals surface area contributed by atoms with E-state index in [0.29, 0.717) is 0 Å². The van der Waals surface area contributed by atoms with Gasteiger partial charge >= 0.3 is 0 Å². The van der Waals surface area contributed by atoms with E-state index in [4.69, 9.17) is 0 Å². The first kappa shape index (κ1) is 12.8. The van der Waals surface area contributed by atoms with Gasteiger partial charge in [-0.3, -0.25) is 9.59 Å². The van der Waals surface area contributed by atoms with Crippen molar-refractivity contribution in [3.05, 3.63) is 24.3 Å². The Hall–Kier alpha value is -1.26. The van der Waals surface area contributed by atoms with Crippen LogP contribution in [0.4, 0.5) is 0 Å². The Kier molecular flexibility index (Phi) is 4.15. The summed E-state index contributed by atoms with van der Waals surface area (Å²) in [5.74, 6) is -1.99. The van der Waals surface area contributed by atoms with Crippen molar-refractivity contribution in [2.45, 2.75) is 26.1 Å². The molecule has 0 fully saturated rings. The van der Waals surface area contributed by atoms with E-state index in [-0.39, 0.29) is 5.92 Å². The largest absolute Gasteiger partial charge is 0.385 e. The monoisotopic (exact) mass is 224 g/mol. The Balaban J connectivity index is 3.03. The lowest BCUT2D eigenvalue weighted by atomic mass is 9.76. The van der Waals surface area contributed by atoms with Gasteiger partial charge in [-0.25, -0.2) is 0 Å². The van der Waals surface area contributed by atoms with E-state index in [1.165, 1.54) is 13.0 Å². The number of rotatable bonds is 3. The van der Waals surface area contributed by atoms with Crippen LogP contribution in [0.2, 0.25) is 0 Å². The molecule has 0 heterocycles. The second-order valence-electron chi connectivity index (χ2n) is 3.94. The van der Waals surface area contributed by atoms with Crippen molar-refractivity contribution in [2.24, 2.45) is 11.8 Å². The fourth-order valence-electron chi connectivity index (χ4n) is 1.90. The van der Waals surface area contributed by atoms with Gasteiger partial charge in [0.25, 0.3) is 0 Å². The van der Waals surface area contributed by atoms with Crippen molar-refractivity contribution in [3.63, 3.8) is 0 Å². The standard InChI is InChI=1S/C12H16O4/c1-3-4-8-5-6-9(14)12(16)10(8)11(15)7(2)13/h3-6,8,10-12,15-16H,1-2H3/b4-3+/t8-,10-,11?,12+/m1/s1. The quantitative estimate of drug-likeness (QED) is 0.674. The molecule has 0 aromatic carbocycles. The van der Waals surface area contributed by atoms with Crippen LogP contribution in [0.3, 0.4) is 0 Å². The van der Waals surface area contributed by atoms with Crippen molar-refractivity contribution in [3.8, 4) is 0 Å². The first-order valence-corrected chi connectivity index (χ1v) is 5.20. The van der Waals surface area contributed by atoms with E-state index in [9.17, 15) is 19.8 Å². The highest BCUT2D eigenvalue weighted by molar-refractivity contribution is 5.95. The smallest absolute Gasteiger partial charge is 0.184 e. The van der Waals surface area contributed by atoms with Crippen LogP contribution < -0.4 is 0 Å². The van der Waals surface area contributed by atoms with E-state index in [2.05, 4.69) is 0 Å². The van der Waals surface area contributed by atoms with Crippen LogP contribution in [0.5, 0.6) is 0 Å². The summed E-state index contributed by atoms with van der Waals surface area (Å²) in [6.07, 6.45) is 3.78. The predicted molar refractivity (Wildman–Crippen MR) is 58.6 cm³/mol. The second kappa shape index (κ2) is 5.18. The molecule has 2 N–H and O–H groups in total. The van der Waals surface area contributed by atoms with Crippen LogP contribution in [-0.4, -0.2) is 34.0 Å². The molecule has 0 spiro atoms. The molecule has 0 bridgehead atoms. The number of ketones is 2. The summed E-state index contributed by atoms with van der Waals surface area (Å²) in [6.45, 7) is 3.04. The van der Waals surface area contributed by atoms with Crippen molar-refractivity contribution in [1.82, 2.24) is 0 Å². The van der Waals surface area contributed by atoms with Gasteiger partial charge in [0, 0.05) is 11.8 Å². The highest BCUT2D eigenvalue weighted by Crippen LogP contribution is 2.28. The number of hydrogen-bond acceptors (Lipinski definition) is 4. The molecule has 1 unspecified atom stereocenters. The summed E-state index contributed by atoms with van der Waals surface area (Å²) in [6, 6.07) is 0. The molecule has 1 aliphatic carbocycles. The maximum Gasteiger partial charge on any atom is 0.184 e. The third kappa shape index (κ3) is 2.46. The fraction of sp³-hybridized carbons (Fsp3) is 0.500. The maximum atomic E-state index is 11.3. The highest BCUT2D eigenvalue weighted by Gasteiger charge is 2.39. The van der Waals surface area contributed by atoms with Crippen molar-refractivity contribution >= 4 is 11.6 Å². The predicted octanol–water partition coefficient (Wildman–Crippen LogP) is 0.245. The zero-order valence-corrected chi connectivity index (χ0v) is 9.33. The van der Waals surface area contributed by atoms with Crippen molar-refractivity contribution in [1.29, 1.82) is 0 Å². The lowest BCUT2D eigenvalue weighted by Gasteiger charge is -2.31. The number of Topliss-reactive ketones (excluding diaryl/α,β-unsaturated/α-hetero) is 1. The maximum absolute atomic E-state index is 11.3. The summed E-state index contributed by atoms with van der Waals surface area (Å²) in [7, 11) is 0. The number of aliphatic hydroxyl groups is 2. The second-order valence-corrected chi connectivity index (χ2v) is 3.94. The van der Waals surface area contributed by atoms with Gasteiger partial charge in [0.15, 0.2) is 11.6 Å². The Bertz CT molecular complexity index is 343. The number of carbonyl (C=O) groups is 2. The minimum Gasteiger partial charge on any atom is -0.385 e. The van der Waals surface area contributed by atoms with Gasteiger partial charge in [0.05, 0.1) is 0 Å². The molecule has 1 rings (SSSR count). The SMILES string of the molecule is C/C=C/[C@@H]1C=CC(=O)[C@H](O)[C@H]1C(O)C(C)=O. The topological polar surface area (TPSA) is 74.6 Å². The van der Waals surface area contributed by atoms with Crippen molar-refractivity contribution in [2.75, 3.05) is 0 Å². The van der Waals surface area contributed by atoms with Crippen LogP contribution >= 0.6 is 0 Å². The van der Waals surface area contributed by atoms with Gasteiger partial charge in [-0.1, -0.05) is 18.2 Å². The molecule has 0 radical (unpaired) electrons. The molecule has 0 aliphatic heterocycles. The van der Waals surface area contributed by atoms with Gasteiger partial charge < -0.3 is 10.2 Å². The van der Waals surface area contributed by atoms with E-state index in [1.807, 2.05) is 0 Å². The first-order valence-electron chi connectivity index (χ1n) is 5.20. The molecule has 88 valence electrons. The highest BCUT2D eigenvalue weighted by atomic mass is 16.3.